The first-order valence-corrected chi connectivity index (χ1v) is 10.1. The van der Waals surface area contributed by atoms with Crippen LogP contribution in [0.15, 0.2) is 91.0 Å². The Labute approximate surface area is 170 Å². The third-order valence-electron chi connectivity index (χ3n) is 6.26. The van der Waals surface area contributed by atoms with Gasteiger partial charge in [0.05, 0.1) is 0 Å². The molecule has 5 rings (SSSR count). The maximum Gasteiger partial charge on any atom is 0.319 e. The molecule has 0 fully saturated rings. The van der Waals surface area contributed by atoms with Crippen LogP contribution in [0.25, 0.3) is 11.1 Å². The van der Waals surface area contributed by atoms with E-state index in [4.69, 9.17) is 0 Å². The summed E-state index contributed by atoms with van der Waals surface area (Å²) in [5.41, 5.74) is 6.30. The van der Waals surface area contributed by atoms with Crippen LogP contribution in [-0.4, -0.2) is 11.1 Å². The summed E-state index contributed by atoms with van der Waals surface area (Å²) >= 11 is 0. The average Bonchev–Trinajstić information content (AvgIpc) is 3.38. The molecule has 0 amide bonds. The first-order chi connectivity index (χ1) is 14.2. The van der Waals surface area contributed by atoms with E-state index < -0.39 is 11.4 Å². The molecule has 0 radical (unpaired) electrons. The normalized spacial score (nSPS) is 14.8. The molecule has 3 aromatic rings. The maximum absolute atomic E-state index is 13.1. The van der Waals surface area contributed by atoms with Crippen molar-refractivity contribution in [1.82, 2.24) is 0 Å². The average molecular weight is 378 g/mol. The molecule has 2 aliphatic carbocycles. The molecule has 0 aromatic heterocycles. The minimum absolute atomic E-state index is 0.434. The van der Waals surface area contributed by atoms with Crippen LogP contribution in [0, 0.1) is 5.41 Å². The molecular weight excluding hydrogens is 356 g/mol. The molecule has 142 valence electrons. The fourth-order valence-electron chi connectivity index (χ4n) is 4.92. The molecule has 0 saturated carbocycles. The summed E-state index contributed by atoms with van der Waals surface area (Å²) in [5.74, 6) is -0.785. The van der Waals surface area contributed by atoms with E-state index in [0.29, 0.717) is 6.42 Å². The largest absolute Gasteiger partial charge is 0.480 e. The summed E-state index contributed by atoms with van der Waals surface area (Å²) in [4.78, 5) is 13.1. The fourth-order valence-corrected chi connectivity index (χ4v) is 4.92. The van der Waals surface area contributed by atoms with E-state index in [1.54, 1.807) is 0 Å². The number of carboxylic acid groups (broad SMARTS) is 1. The lowest BCUT2D eigenvalue weighted by Crippen LogP contribution is -2.36. The third-order valence-corrected chi connectivity index (χ3v) is 6.26. The lowest BCUT2D eigenvalue weighted by Gasteiger charge is -2.34. The second kappa shape index (κ2) is 6.89. The van der Waals surface area contributed by atoms with E-state index in [-0.39, 0.29) is 0 Å². The Morgan fingerprint density at radius 2 is 1.21 bits per heavy atom. The Hall–Kier alpha value is -3.39. The summed E-state index contributed by atoms with van der Waals surface area (Å²) in [7, 11) is 0. The van der Waals surface area contributed by atoms with Gasteiger partial charge in [-0.1, -0.05) is 91.0 Å². The zero-order chi connectivity index (χ0) is 19.8. The summed E-state index contributed by atoms with van der Waals surface area (Å²) in [6.45, 7) is 0. The molecule has 1 N–H and O–H groups in total. The predicted molar refractivity (Wildman–Crippen MR) is 116 cm³/mol. The quantitative estimate of drug-likeness (QED) is 0.629. The highest BCUT2D eigenvalue weighted by atomic mass is 16.4. The Kier molecular flexibility index (Phi) is 4.21. The van der Waals surface area contributed by atoms with Crippen molar-refractivity contribution in [2.75, 3.05) is 0 Å². The number of benzene rings is 3. The van der Waals surface area contributed by atoms with Crippen molar-refractivity contribution in [3.63, 3.8) is 0 Å². The first-order valence-electron chi connectivity index (χ1n) is 10.1. The molecule has 0 saturated heterocycles. The number of aliphatic carboxylic acids is 1. The van der Waals surface area contributed by atoms with Crippen LogP contribution in [0.4, 0.5) is 0 Å². The van der Waals surface area contributed by atoms with Crippen LogP contribution in [0.3, 0.4) is 0 Å². The molecule has 0 spiro atoms. The molecule has 0 aliphatic heterocycles. The number of fused-ring (bicyclic) bond motifs is 2. The van der Waals surface area contributed by atoms with Crippen molar-refractivity contribution >= 4 is 17.1 Å². The molecule has 3 aromatic carbocycles. The summed E-state index contributed by atoms with van der Waals surface area (Å²) < 4.78 is 0. The van der Waals surface area contributed by atoms with Crippen molar-refractivity contribution in [2.24, 2.45) is 5.41 Å². The first kappa shape index (κ1) is 17.7. The summed E-state index contributed by atoms with van der Waals surface area (Å²) in [6.07, 6.45) is 6.25. The molecule has 0 heterocycles. The highest BCUT2D eigenvalue weighted by Gasteiger charge is 2.49. The molecule has 0 atom stereocenters. The number of hydrogen-bond acceptors (Lipinski definition) is 1. The van der Waals surface area contributed by atoms with Gasteiger partial charge in [-0.3, -0.25) is 4.79 Å². The Morgan fingerprint density at radius 3 is 1.72 bits per heavy atom. The summed E-state index contributed by atoms with van der Waals surface area (Å²) in [5, 5.41) is 10.8. The van der Waals surface area contributed by atoms with Gasteiger partial charge in [0.2, 0.25) is 0 Å². The fraction of sp³-hybridized carbons (Fsp3) is 0.148. The van der Waals surface area contributed by atoms with Crippen molar-refractivity contribution in [2.45, 2.75) is 19.3 Å². The maximum atomic E-state index is 13.1. The Morgan fingerprint density at radius 1 is 0.724 bits per heavy atom. The van der Waals surface area contributed by atoms with Gasteiger partial charge in [-0.05, 0) is 58.2 Å². The molecule has 29 heavy (non-hydrogen) atoms. The topological polar surface area (TPSA) is 37.3 Å². The van der Waals surface area contributed by atoms with Crippen LogP contribution in [0.2, 0.25) is 0 Å². The van der Waals surface area contributed by atoms with E-state index in [2.05, 4.69) is 36.4 Å². The van der Waals surface area contributed by atoms with Crippen LogP contribution < -0.4 is 0 Å². The lowest BCUT2D eigenvalue weighted by molar-refractivity contribution is -0.142. The molecule has 2 heteroatoms. The van der Waals surface area contributed by atoms with Gasteiger partial charge in [0.1, 0.15) is 5.41 Å². The number of carbonyl (C=O) groups is 1. The highest BCUT2D eigenvalue weighted by molar-refractivity contribution is 6.08. The molecule has 0 bridgehead atoms. The van der Waals surface area contributed by atoms with Gasteiger partial charge in [-0.2, -0.15) is 0 Å². The van der Waals surface area contributed by atoms with E-state index in [1.165, 1.54) is 11.1 Å². The SMILES string of the molecule is O=C(O)C(Cc1ccccc1)(C1=CCc2ccccc21)C1=CCc2ccccc21. The number of allylic oxidation sites excluding steroid dienone is 2. The predicted octanol–water partition coefficient (Wildman–Crippen LogP) is 5.58. The van der Waals surface area contributed by atoms with Gasteiger partial charge < -0.3 is 5.11 Å². The molecular formula is C27H22O2. The van der Waals surface area contributed by atoms with E-state index in [9.17, 15) is 9.90 Å². The Bertz CT molecular complexity index is 1090. The van der Waals surface area contributed by atoms with Gasteiger partial charge in [0.15, 0.2) is 0 Å². The Balaban J connectivity index is 1.75. The zero-order valence-corrected chi connectivity index (χ0v) is 16.1. The highest BCUT2D eigenvalue weighted by Crippen LogP contribution is 2.53. The number of carboxylic acids is 1. The third kappa shape index (κ3) is 2.75. The van der Waals surface area contributed by atoms with Gasteiger partial charge in [0, 0.05) is 0 Å². The number of rotatable bonds is 5. The van der Waals surface area contributed by atoms with E-state index in [0.717, 1.165) is 40.7 Å². The second-order valence-corrected chi connectivity index (χ2v) is 7.83. The van der Waals surface area contributed by atoms with Crippen molar-refractivity contribution in [1.29, 1.82) is 0 Å². The van der Waals surface area contributed by atoms with Crippen LogP contribution in [0.5, 0.6) is 0 Å². The van der Waals surface area contributed by atoms with Gasteiger partial charge in [0.25, 0.3) is 0 Å². The number of hydrogen-bond donors (Lipinski definition) is 1. The smallest absolute Gasteiger partial charge is 0.319 e. The van der Waals surface area contributed by atoms with Crippen molar-refractivity contribution in [3.05, 3.63) is 119 Å². The molecule has 2 aliphatic rings. The standard InChI is InChI=1S/C27H22O2/c28-26(29)27(18-19-8-2-1-3-9-19,24-16-14-20-10-4-6-12-22(20)24)25-17-15-21-11-5-7-13-23(21)25/h1-13,16-17H,14-15,18H2,(H,28,29). The minimum atomic E-state index is -1.11. The zero-order valence-electron chi connectivity index (χ0n) is 16.1. The molecule has 0 unspecified atom stereocenters. The molecule has 2 nitrogen and oxygen atoms in total. The van der Waals surface area contributed by atoms with E-state index in [1.807, 2.05) is 54.6 Å². The van der Waals surface area contributed by atoms with Crippen molar-refractivity contribution in [3.8, 4) is 0 Å². The van der Waals surface area contributed by atoms with Gasteiger partial charge in [-0.15, -0.1) is 0 Å². The second-order valence-electron chi connectivity index (χ2n) is 7.83. The van der Waals surface area contributed by atoms with Crippen LogP contribution >= 0.6 is 0 Å². The van der Waals surface area contributed by atoms with Gasteiger partial charge in [-0.25, -0.2) is 0 Å². The van der Waals surface area contributed by atoms with Crippen LogP contribution in [-0.2, 0) is 24.1 Å². The summed E-state index contributed by atoms with van der Waals surface area (Å²) in [6, 6.07) is 26.4. The minimum Gasteiger partial charge on any atom is -0.480 e. The van der Waals surface area contributed by atoms with Gasteiger partial charge >= 0.3 is 5.97 Å². The van der Waals surface area contributed by atoms with E-state index >= 15 is 0 Å². The van der Waals surface area contributed by atoms with Crippen molar-refractivity contribution < 1.29 is 9.90 Å². The lowest BCUT2D eigenvalue weighted by atomic mass is 9.66. The monoisotopic (exact) mass is 378 g/mol. The van der Waals surface area contributed by atoms with Crippen LogP contribution in [0.1, 0.15) is 27.8 Å².